The van der Waals surface area contributed by atoms with E-state index in [9.17, 15) is 22.4 Å². The summed E-state index contributed by atoms with van der Waals surface area (Å²) in [6.07, 6.45) is -4.76. The summed E-state index contributed by atoms with van der Waals surface area (Å²) in [5, 5.41) is 2.80. The molecule has 10 heteroatoms. The van der Waals surface area contributed by atoms with Crippen LogP contribution in [0.5, 0.6) is 5.75 Å². The number of hydrogen-bond acceptors (Lipinski definition) is 5. The normalized spacial score (nSPS) is 15.1. The van der Waals surface area contributed by atoms with E-state index in [1.807, 2.05) is 5.38 Å². The van der Waals surface area contributed by atoms with Gasteiger partial charge in [-0.1, -0.05) is 0 Å². The first-order chi connectivity index (χ1) is 15.3. The van der Waals surface area contributed by atoms with Crippen LogP contribution in [-0.4, -0.2) is 53.2 Å². The maximum atomic E-state index is 13.1. The molecular weight excluding hydrogens is 446 g/mol. The van der Waals surface area contributed by atoms with Crippen molar-refractivity contribution in [1.29, 1.82) is 0 Å². The number of carbonyl (C=O) groups excluding carboxylic acids is 1. The molecule has 1 amide bonds. The highest BCUT2D eigenvalue weighted by Gasteiger charge is 2.31. The second-order valence-corrected chi connectivity index (χ2v) is 8.15. The Bertz CT molecular complexity index is 1060. The van der Waals surface area contributed by atoms with Crippen LogP contribution in [0.25, 0.3) is 10.6 Å². The molecule has 5 nitrogen and oxygen atoms in total. The van der Waals surface area contributed by atoms with E-state index in [4.69, 9.17) is 0 Å². The van der Waals surface area contributed by atoms with E-state index in [-0.39, 0.29) is 17.5 Å². The molecule has 1 saturated heterocycles. The van der Waals surface area contributed by atoms with Crippen LogP contribution in [-0.2, 0) is 6.54 Å². The maximum Gasteiger partial charge on any atom is 0.573 e. The van der Waals surface area contributed by atoms with Crippen molar-refractivity contribution >= 4 is 17.2 Å². The van der Waals surface area contributed by atoms with Crippen molar-refractivity contribution in [2.45, 2.75) is 12.9 Å². The Balaban J connectivity index is 1.29. The van der Waals surface area contributed by atoms with Crippen LogP contribution in [0.4, 0.5) is 17.6 Å². The van der Waals surface area contributed by atoms with Gasteiger partial charge in [0.1, 0.15) is 16.6 Å². The third kappa shape index (κ3) is 5.63. The van der Waals surface area contributed by atoms with E-state index in [0.29, 0.717) is 38.3 Å². The number of benzene rings is 2. The minimum atomic E-state index is -4.76. The van der Waals surface area contributed by atoms with E-state index < -0.39 is 6.36 Å². The summed E-state index contributed by atoms with van der Waals surface area (Å²) in [6, 6.07) is 11.2. The molecule has 3 aromatic rings. The van der Waals surface area contributed by atoms with Gasteiger partial charge >= 0.3 is 6.36 Å². The first-order valence-electron chi connectivity index (χ1n) is 9.85. The highest BCUT2D eigenvalue weighted by Crippen LogP contribution is 2.25. The fraction of sp³-hybridized carbons (Fsp3) is 0.273. The number of rotatable bonds is 5. The van der Waals surface area contributed by atoms with Crippen molar-refractivity contribution in [1.82, 2.24) is 14.8 Å². The number of piperazine rings is 1. The second kappa shape index (κ2) is 9.25. The molecule has 0 aliphatic carbocycles. The van der Waals surface area contributed by atoms with Crippen molar-refractivity contribution < 1.29 is 27.1 Å². The number of thiazole rings is 1. The molecule has 0 spiro atoms. The molecule has 0 N–H and O–H groups in total. The van der Waals surface area contributed by atoms with Crippen LogP contribution in [0.3, 0.4) is 0 Å². The lowest BCUT2D eigenvalue weighted by atomic mass is 10.1. The number of halogens is 4. The SMILES string of the molecule is O=C(c1ccc(OC(F)(F)F)cc1)N1CCN(Cc2csc(-c3ccc(F)cc3)n2)CC1. The van der Waals surface area contributed by atoms with Crippen LogP contribution in [0.2, 0.25) is 0 Å². The quantitative estimate of drug-likeness (QED) is 0.508. The van der Waals surface area contributed by atoms with Gasteiger partial charge in [0.2, 0.25) is 0 Å². The number of carbonyl (C=O) groups is 1. The molecular formula is C22H19F4N3O2S. The van der Waals surface area contributed by atoms with Crippen LogP contribution < -0.4 is 4.74 Å². The zero-order chi connectivity index (χ0) is 22.7. The number of aromatic nitrogens is 1. The Morgan fingerprint density at radius 1 is 1.00 bits per heavy atom. The topological polar surface area (TPSA) is 45.7 Å². The zero-order valence-electron chi connectivity index (χ0n) is 16.8. The number of amides is 1. The van der Waals surface area contributed by atoms with Crippen molar-refractivity contribution in [3.05, 3.63) is 71.0 Å². The lowest BCUT2D eigenvalue weighted by Gasteiger charge is -2.34. The van der Waals surface area contributed by atoms with Gasteiger partial charge in [-0.3, -0.25) is 9.69 Å². The fourth-order valence-electron chi connectivity index (χ4n) is 3.42. The third-order valence-electron chi connectivity index (χ3n) is 5.02. The Morgan fingerprint density at radius 2 is 1.66 bits per heavy atom. The maximum absolute atomic E-state index is 13.1. The summed E-state index contributed by atoms with van der Waals surface area (Å²) >= 11 is 1.50. The Hall–Kier alpha value is -2.98. The molecule has 0 radical (unpaired) electrons. The Morgan fingerprint density at radius 3 is 2.28 bits per heavy atom. The molecule has 1 aliphatic heterocycles. The predicted molar refractivity (Wildman–Crippen MR) is 112 cm³/mol. The number of hydrogen-bond donors (Lipinski definition) is 0. The van der Waals surface area contributed by atoms with Crippen LogP contribution in [0.1, 0.15) is 16.1 Å². The number of ether oxygens (including phenoxy) is 1. The largest absolute Gasteiger partial charge is 0.573 e. The number of alkyl halides is 3. The summed E-state index contributed by atoms with van der Waals surface area (Å²) in [4.78, 5) is 21.1. The van der Waals surface area contributed by atoms with E-state index >= 15 is 0 Å². The van der Waals surface area contributed by atoms with E-state index in [0.717, 1.165) is 28.4 Å². The molecule has 1 aliphatic rings. The lowest BCUT2D eigenvalue weighted by Crippen LogP contribution is -2.48. The average Bonchev–Trinajstić information content (AvgIpc) is 3.22. The smallest absolute Gasteiger partial charge is 0.406 e. The Kier molecular flexibility index (Phi) is 6.43. The van der Waals surface area contributed by atoms with Gasteiger partial charge in [-0.05, 0) is 48.5 Å². The third-order valence-corrected chi connectivity index (χ3v) is 5.96. The van der Waals surface area contributed by atoms with Crippen molar-refractivity contribution in [2.24, 2.45) is 0 Å². The minimum absolute atomic E-state index is 0.226. The molecule has 4 rings (SSSR count). The summed E-state index contributed by atoms with van der Waals surface area (Å²) in [6.45, 7) is 2.97. The molecule has 32 heavy (non-hydrogen) atoms. The van der Waals surface area contributed by atoms with E-state index in [1.54, 1.807) is 17.0 Å². The molecule has 0 saturated carbocycles. The summed E-state index contributed by atoms with van der Waals surface area (Å²) < 4.78 is 53.7. The van der Waals surface area contributed by atoms with Crippen LogP contribution >= 0.6 is 11.3 Å². The first-order valence-corrected chi connectivity index (χ1v) is 10.7. The molecule has 2 heterocycles. The predicted octanol–water partition coefficient (Wildman–Crippen LogP) is 4.81. The van der Waals surface area contributed by atoms with Gasteiger partial charge in [-0.25, -0.2) is 9.37 Å². The zero-order valence-corrected chi connectivity index (χ0v) is 17.6. The summed E-state index contributed by atoms with van der Waals surface area (Å²) in [7, 11) is 0. The number of nitrogens with zero attached hydrogens (tertiary/aromatic N) is 3. The fourth-order valence-corrected chi connectivity index (χ4v) is 4.24. The summed E-state index contributed by atoms with van der Waals surface area (Å²) in [5.74, 6) is -0.874. The average molecular weight is 465 g/mol. The molecule has 0 bridgehead atoms. The van der Waals surface area contributed by atoms with E-state index in [1.165, 1.54) is 35.6 Å². The lowest BCUT2D eigenvalue weighted by molar-refractivity contribution is -0.274. The van der Waals surface area contributed by atoms with Gasteiger partial charge in [-0.15, -0.1) is 24.5 Å². The molecule has 1 fully saturated rings. The van der Waals surface area contributed by atoms with Crippen molar-refractivity contribution in [3.63, 3.8) is 0 Å². The molecule has 168 valence electrons. The standard InChI is InChI=1S/C22H19F4N3O2S/c23-17-5-1-15(2-6-17)20-27-18(14-32-20)13-28-9-11-29(12-10-28)21(30)16-3-7-19(8-4-16)31-22(24,25)26/h1-8,14H,9-13H2. The molecule has 0 unspecified atom stereocenters. The molecule has 2 aromatic carbocycles. The molecule has 1 aromatic heterocycles. The first kappa shape index (κ1) is 22.2. The van der Waals surface area contributed by atoms with Gasteiger partial charge in [-0.2, -0.15) is 0 Å². The van der Waals surface area contributed by atoms with Crippen LogP contribution in [0, 0.1) is 5.82 Å². The highest BCUT2D eigenvalue weighted by molar-refractivity contribution is 7.13. The van der Waals surface area contributed by atoms with Crippen molar-refractivity contribution in [3.8, 4) is 16.3 Å². The van der Waals surface area contributed by atoms with Gasteiger partial charge in [0, 0.05) is 49.2 Å². The minimum Gasteiger partial charge on any atom is -0.406 e. The van der Waals surface area contributed by atoms with E-state index in [2.05, 4.69) is 14.6 Å². The molecule has 0 atom stereocenters. The van der Waals surface area contributed by atoms with Crippen molar-refractivity contribution in [2.75, 3.05) is 26.2 Å². The van der Waals surface area contributed by atoms with Gasteiger partial charge < -0.3 is 9.64 Å². The monoisotopic (exact) mass is 465 g/mol. The Labute approximate surface area is 185 Å². The van der Waals surface area contributed by atoms with Gasteiger partial charge in [0.05, 0.1) is 5.69 Å². The highest BCUT2D eigenvalue weighted by atomic mass is 32.1. The van der Waals surface area contributed by atoms with Gasteiger partial charge in [0.25, 0.3) is 5.91 Å². The van der Waals surface area contributed by atoms with Gasteiger partial charge in [0.15, 0.2) is 0 Å². The van der Waals surface area contributed by atoms with Crippen LogP contribution in [0.15, 0.2) is 53.9 Å². The second-order valence-electron chi connectivity index (χ2n) is 7.29. The summed E-state index contributed by atoms with van der Waals surface area (Å²) in [5.41, 5.74) is 2.09.